The number of rotatable bonds is 2. The Morgan fingerprint density at radius 3 is 2.59 bits per heavy atom. The molecule has 1 aliphatic carbocycles. The Kier molecular flexibility index (Phi) is 5.51. The van der Waals surface area contributed by atoms with E-state index in [0.29, 0.717) is 12.3 Å². The van der Waals surface area contributed by atoms with Crippen LogP contribution in [-0.4, -0.2) is 39.1 Å². The molecule has 2 aliphatic rings. The van der Waals surface area contributed by atoms with Crippen molar-refractivity contribution in [3.8, 4) is 0 Å². The molecule has 3 unspecified atom stereocenters. The van der Waals surface area contributed by atoms with Crippen LogP contribution in [0.2, 0.25) is 0 Å². The molecule has 1 saturated carbocycles. The van der Waals surface area contributed by atoms with Gasteiger partial charge in [0.25, 0.3) is 0 Å². The summed E-state index contributed by atoms with van der Waals surface area (Å²) in [7, 11) is 0. The maximum Gasteiger partial charge on any atom is 0.107 e. The molecular weight excluding hydrogens is 331 g/mol. The predicted octanol–water partition coefficient (Wildman–Crippen LogP) is 2.27. The molecule has 0 amide bonds. The van der Waals surface area contributed by atoms with Crippen LogP contribution in [0.4, 0.5) is 0 Å². The lowest BCUT2D eigenvalue weighted by atomic mass is 9.86. The number of hydrogen-bond acceptors (Lipinski definition) is 3. The Morgan fingerprint density at radius 1 is 1.12 bits per heavy atom. The molecule has 100 valence electrons. The standard InChI is InChI=1S/C13H23IO3/c14-10-4-2-1-3-9(5-6-10)12-7-11(16)13(8-15)17-12/h9-13,15-16H,1-8H2/t9?,10?,11?,12-,13-/m1/s1. The first-order valence-corrected chi connectivity index (χ1v) is 8.03. The van der Waals surface area contributed by atoms with Crippen LogP contribution in [-0.2, 0) is 4.74 Å². The molecular formula is C13H23IO3. The van der Waals surface area contributed by atoms with E-state index in [1.54, 1.807) is 0 Å². The lowest BCUT2D eigenvalue weighted by Gasteiger charge is -2.26. The van der Waals surface area contributed by atoms with Gasteiger partial charge in [-0.2, -0.15) is 0 Å². The molecule has 2 rings (SSSR count). The first-order valence-electron chi connectivity index (χ1n) is 6.79. The number of hydrogen-bond donors (Lipinski definition) is 2. The van der Waals surface area contributed by atoms with Gasteiger partial charge in [0.2, 0.25) is 0 Å². The van der Waals surface area contributed by atoms with Gasteiger partial charge in [0, 0.05) is 10.3 Å². The van der Waals surface area contributed by atoms with Crippen LogP contribution in [0.5, 0.6) is 0 Å². The second-order valence-electron chi connectivity index (χ2n) is 5.42. The maximum absolute atomic E-state index is 9.78. The molecule has 0 aromatic heterocycles. The van der Waals surface area contributed by atoms with Crippen LogP contribution >= 0.6 is 22.6 Å². The second-order valence-corrected chi connectivity index (χ2v) is 7.18. The normalized spacial score (nSPS) is 44.3. The lowest BCUT2D eigenvalue weighted by Crippen LogP contribution is -2.26. The van der Waals surface area contributed by atoms with Crippen LogP contribution < -0.4 is 0 Å². The topological polar surface area (TPSA) is 49.7 Å². The summed E-state index contributed by atoms with van der Waals surface area (Å²) in [4.78, 5) is 0. The molecule has 0 bridgehead atoms. The fourth-order valence-electron chi connectivity index (χ4n) is 3.06. The van der Waals surface area contributed by atoms with Gasteiger partial charge in [0.05, 0.1) is 18.8 Å². The molecule has 0 radical (unpaired) electrons. The molecule has 2 N–H and O–H groups in total. The highest BCUT2D eigenvalue weighted by atomic mass is 127. The van der Waals surface area contributed by atoms with E-state index in [1.807, 2.05) is 0 Å². The van der Waals surface area contributed by atoms with E-state index >= 15 is 0 Å². The first-order chi connectivity index (χ1) is 8.20. The van der Waals surface area contributed by atoms with Gasteiger partial charge in [0.1, 0.15) is 6.10 Å². The Morgan fingerprint density at radius 2 is 1.88 bits per heavy atom. The minimum absolute atomic E-state index is 0.0563. The molecule has 4 heteroatoms. The maximum atomic E-state index is 9.78. The van der Waals surface area contributed by atoms with Crippen molar-refractivity contribution in [2.24, 2.45) is 5.92 Å². The van der Waals surface area contributed by atoms with Crippen molar-refractivity contribution >= 4 is 22.6 Å². The second kappa shape index (κ2) is 6.68. The summed E-state index contributed by atoms with van der Waals surface area (Å²) in [6, 6.07) is 0. The predicted molar refractivity (Wildman–Crippen MR) is 75.4 cm³/mol. The smallest absolute Gasteiger partial charge is 0.107 e. The van der Waals surface area contributed by atoms with E-state index in [1.165, 1.54) is 38.5 Å². The minimum atomic E-state index is -0.467. The van der Waals surface area contributed by atoms with Crippen LogP contribution in [0, 0.1) is 5.92 Å². The van der Waals surface area contributed by atoms with Gasteiger partial charge in [-0.15, -0.1) is 0 Å². The third-order valence-corrected chi connectivity index (χ3v) is 5.40. The van der Waals surface area contributed by atoms with Crippen molar-refractivity contribution in [1.29, 1.82) is 0 Å². The zero-order valence-electron chi connectivity index (χ0n) is 10.2. The molecule has 17 heavy (non-hydrogen) atoms. The number of alkyl halides is 1. The molecule has 5 atom stereocenters. The van der Waals surface area contributed by atoms with Gasteiger partial charge in [0.15, 0.2) is 0 Å². The van der Waals surface area contributed by atoms with Crippen LogP contribution in [0.3, 0.4) is 0 Å². The fourth-order valence-corrected chi connectivity index (χ4v) is 3.86. The van der Waals surface area contributed by atoms with Crippen molar-refractivity contribution in [3.05, 3.63) is 0 Å². The van der Waals surface area contributed by atoms with Crippen molar-refractivity contribution in [2.45, 2.75) is 67.2 Å². The summed E-state index contributed by atoms with van der Waals surface area (Å²) in [5, 5.41) is 18.9. The van der Waals surface area contributed by atoms with E-state index in [9.17, 15) is 5.11 Å². The van der Waals surface area contributed by atoms with Crippen molar-refractivity contribution in [2.75, 3.05) is 6.61 Å². The fraction of sp³-hybridized carbons (Fsp3) is 1.00. The highest BCUT2D eigenvalue weighted by molar-refractivity contribution is 14.1. The van der Waals surface area contributed by atoms with Crippen LogP contribution in [0.15, 0.2) is 0 Å². The number of halogens is 1. The summed E-state index contributed by atoms with van der Waals surface area (Å²) in [6.45, 7) is -0.0563. The van der Waals surface area contributed by atoms with Gasteiger partial charge in [-0.1, -0.05) is 35.4 Å². The Labute approximate surface area is 117 Å². The number of aliphatic hydroxyl groups excluding tert-OH is 2. The molecule has 0 aromatic carbocycles. The zero-order valence-corrected chi connectivity index (χ0v) is 12.4. The average Bonchev–Trinajstić information content (AvgIpc) is 2.65. The highest BCUT2D eigenvalue weighted by Crippen LogP contribution is 2.34. The van der Waals surface area contributed by atoms with E-state index < -0.39 is 6.10 Å². The zero-order chi connectivity index (χ0) is 12.3. The third kappa shape index (κ3) is 3.78. The minimum Gasteiger partial charge on any atom is -0.394 e. The van der Waals surface area contributed by atoms with E-state index in [0.717, 1.165) is 3.92 Å². The molecule has 2 fully saturated rings. The quantitative estimate of drug-likeness (QED) is 0.591. The summed E-state index contributed by atoms with van der Waals surface area (Å²) >= 11 is 2.56. The lowest BCUT2D eigenvalue weighted by molar-refractivity contribution is -0.0412. The molecule has 1 saturated heterocycles. The molecule has 3 nitrogen and oxygen atoms in total. The molecule has 1 heterocycles. The van der Waals surface area contributed by atoms with E-state index in [2.05, 4.69) is 22.6 Å². The van der Waals surface area contributed by atoms with Crippen molar-refractivity contribution in [3.63, 3.8) is 0 Å². The van der Waals surface area contributed by atoms with Gasteiger partial charge in [-0.25, -0.2) is 0 Å². The van der Waals surface area contributed by atoms with E-state index in [4.69, 9.17) is 9.84 Å². The summed E-state index contributed by atoms with van der Waals surface area (Å²) in [6.07, 6.45) is 7.72. The van der Waals surface area contributed by atoms with Gasteiger partial charge < -0.3 is 14.9 Å². The first kappa shape index (κ1) is 14.0. The molecule has 1 aliphatic heterocycles. The molecule has 0 spiro atoms. The number of aliphatic hydroxyl groups is 2. The highest BCUT2D eigenvalue weighted by Gasteiger charge is 2.37. The molecule has 0 aromatic rings. The third-order valence-electron chi connectivity index (χ3n) is 4.15. The van der Waals surface area contributed by atoms with Crippen molar-refractivity contribution in [1.82, 2.24) is 0 Å². The van der Waals surface area contributed by atoms with Gasteiger partial charge >= 0.3 is 0 Å². The van der Waals surface area contributed by atoms with E-state index in [-0.39, 0.29) is 18.8 Å². The summed E-state index contributed by atoms with van der Waals surface area (Å²) in [5.74, 6) is 0.582. The summed E-state index contributed by atoms with van der Waals surface area (Å²) in [5.41, 5.74) is 0. The SMILES string of the molecule is OC[C@H]1O[C@@H](C2CCCCC(I)CC2)CC1O. The monoisotopic (exact) mass is 354 g/mol. The van der Waals surface area contributed by atoms with Gasteiger partial charge in [-0.05, 0) is 31.6 Å². The average molecular weight is 354 g/mol. The van der Waals surface area contributed by atoms with Gasteiger partial charge in [-0.3, -0.25) is 0 Å². The Bertz CT molecular complexity index is 237. The Balaban J connectivity index is 1.88. The van der Waals surface area contributed by atoms with Crippen molar-refractivity contribution < 1.29 is 14.9 Å². The Hall–Kier alpha value is 0.610. The van der Waals surface area contributed by atoms with Crippen LogP contribution in [0.25, 0.3) is 0 Å². The largest absolute Gasteiger partial charge is 0.394 e. The van der Waals surface area contributed by atoms with Crippen LogP contribution in [0.1, 0.15) is 44.9 Å². The number of ether oxygens (including phenoxy) is 1. The summed E-state index contributed by atoms with van der Waals surface area (Å²) < 4.78 is 6.59.